The van der Waals surface area contributed by atoms with E-state index in [4.69, 9.17) is 11.5 Å². The monoisotopic (exact) mass is 241 g/mol. The molecule has 1 aromatic rings. The van der Waals surface area contributed by atoms with E-state index in [1.165, 1.54) is 0 Å². The van der Waals surface area contributed by atoms with Crippen LogP contribution in [0, 0.1) is 10.1 Å². The predicted octanol–water partition coefficient (Wildman–Crippen LogP) is 0.510. The number of nitrogens with zero attached hydrogens (tertiary/aromatic N) is 1. The van der Waals surface area contributed by atoms with Gasteiger partial charge < -0.3 is 20.9 Å². The molecule has 0 aliphatic carbocycles. The zero-order chi connectivity index (χ0) is 13.0. The number of primary amides is 2. The summed E-state index contributed by atoms with van der Waals surface area (Å²) in [7, 11) is 0. The number of ether oxygens (including phenoxy) is 2. The fraction of sp³-hybridized carbons (Fsp3) is 0. The number of hydrogen-bond acceptors (Lipinski definition) is 6. The van der Waals surface area contributed by atoms with Crippen molar-refractivity contribution in [3.63, 3.8) is 0 Å². The molecule has 0 atom stereocenters. The van der Waals surface area contributed by atoms with Gasteiger partial charge in [-0.3, -0.25) is 10.1 Å². The number of carbonyl (C=O) groups is 2. The van der Waals surface area contributed by atoms with Gasteiger partial charge in [0.1, 0.15) is 11.5 Å². The van der Waals surface area contributed by atoms with Gasteiger partial charge in [-0.2, -0.15) is 0 Å². The van der Waals surface area contributed by atoms with E-state index in [2.05, 4.69) is 9.47 Å². The van der Waals surface area contributed by atoms with Crippen molar-refractivity contribution in [3.05, 3.63) is 28.3 Å². The molecule has 1 rings (SSSR count). The van der Waals surface area contributed by atoms with Crippen molar-refractivity contribution < 1.29 is 24.0 Å². The SMILES string of the molecule is NC(=O)Oc1cc(OC(N)=O)cc([N+](=O)[O-])c1. The number of nitro benzene ring substituents is 1. The fourth-order valence-corrected chi connectivity index (χ4v) is 1.01. The van der Waals surface area contributed by atoms with Crippen molar-refractivity contribution in [2.45, 2.75) is 0 Å². The maximum Gasteiger partial charge on any atom is 0.409 e. The number of amides is 2. The van der Waals surface area contributed by atoms with E-state index in [1.54, 1.807) is 0 Å². The molecule has 0 spiro atoms. The van der Waals surface area contributed by atoms with Gasteiger partial charge in [0, 0.05) is 6.07 Å². The Bertz CT molecular complexity index is 452. The van der Waals surface area contributed by atoms with Crippen LogP contribution in [-0.4, -0.2) is 17.1 Å². The van der Waals surface area contributed by atoms with Gasteiger partial charge in [0.2, 0.25) is 0 Å². The van der Waals surface area contributed by atoms with Crippen molar-refractivity contribution in [3.8, 4) is 11.5 Å². The van der Waals surface area contributed by atoms with Gasteiger partial charge >= 0.3 is 12.2 Å². The largest absolute Gasteiger partial charge is 0.410 e. The molecule has 0 fully saturated rings. The lowest BCUT2D eigenvalue weighted by molar-refractivity contribution is -0.385. The van der Waals surface area contributed by atoms with Crippen LogP contribution in [0.2, 0.25) is 0 Å². The second-order valence-corrected chi connectivity index (χ2v) is 2.76. The summed E-state index contributed by atoms with van der Waals surface area (Å²) in [6, 6.07) is 2.94. The third-order valence-electron chi connectivity index (χ3n) is 1.51. The van der Waals surface area contributed by atoms with Crippen LogP contribution in [0.25, 0.3) is 0 Å². The Labute approximate surface area is 94.0 Å². The standard InChI is InChI=1S/C8H7N3O6/c9-7(12)16-5-1-4(11(14)15)2-6(3-5)17-8(10)13/h1-3H,(H2,9,12)(H2,10,13). The van der Waals surface area contributed by atoms with E-state index in [1.807, 2.05) is 0 Å². The van der Waals surface area contributed by atoms with Crippen molar-refractivity contribution in [2.75, 3.05) is 0 Å². The van der Waals surface area contributed by atoms with Crippen molar-refractivity contribution in [2.24, 2.45) is 11.5 Å². The highest BCUT2D eigenvalue weighted by atomic mass is 16.6. The average molecular weight is 241 g/mol. The molecule has 2 amide bonds. The molecule has 0 unspecified atom stereocenters. The number of rotatable bonds is 3. The lowest BCUT2D eigenvalue weighted by Gasteiger charge is -2.04. The van der Waals surface area contributed by atoms with Gasteiger partial charge in [0.15, 0.2) is 0 Å². The van der Waals surface area contributed by atoms with E-state index in [0.717, 1.165) is 18.2 Å². The topological polar surface area (TPSA) is 148 Å². The highest BCUT2D eigenvalue weighted by Gasteiger charge is 2.14. The molecule has 4 N–H and O–H groups in total. The smallest absolute Gasteiger partial charge is 0.409 e. The summed E-state index contributed by atoms with van der Waals surface area (Å²) in [5.74, 6) is -0.467. The van der Waals surface area contributed by atoms with E-state index in [-0.39, 0.29) is 11.5 Å². The second-order valence-electron chi connectivity index (χ2n) is 2.76. The van der Waals surface area contributed by atoms with Gasteiger partial charge in [-0.05, 0) is 0 Å². The normalized spacial score (nSPS) is 9.41. The maximum absolute atomic E-state index is 10.5. The Balaban J connectivity index is 3.13. The van der Waals surface area contributed by atoms with E-state index in [0.29, 0.717) is 0 Å². The molecule has 0 saturated heterocycles. The molecule has 0 aromatic heterocycles. The van der Waals surface area contributed by atoms with Gasteiger partial charge in [0.05, 0.1) is 17.1 Å². The van der Waals surface area contributed by atoms with Crippen LogP contribution in [0.15, 0.2) is 18.2 Å². The van der Waals surface area contributed by atoms with E-state index >= 15 is 0 Å². The number of nitrogens with two attached hydrogens (primary N) is 2. The summed E-state index contributed by atoms with van der Waals surface area (Å²) in [6.07, 6.45) is -2.31. The van der Waals surface area contributed by atoms with Crippen molar-refractivity contribution in [1.82, 2.24) is 0 Å². The maximum atomic E-state index is 10.5. The van der Waals surface area contributed by atoms with Gasteiger partial charge in [0.25, 0.3) is 5.69 Å². The highest BCUT2D eigenvalue weighted by molar-refractivity contribution is 5.70. The highest BCUT2D eigenvalue weighted by Crippen LogP contribution is 2.27. The summed E-state index contributed by atoms with van der Waals surface area (Å²) < 4.78 is 8.86. The van der Waals surface area contributed by atoms with Crippen molar-refractivity contribution in [1.29, 1.82) is 0 Å². The number of non-ortho nitro benzene ring substituents is 1. The molecule has 17 heavy (non-hydrogen) atoms. The Morgan fingerprint density at radius 3 is 1.76 bits per heavy atom. The van der Waals surface area contributed by atoms with E-state index < -0.39 is 22.8 Å². The Morgan fingerprint density at radius 2 is 1.47 bits per heavy atom. The zero-order valence-corrected chi connectivity index (χ0v) is 8.28. The molecule has 0 radical (unpaired) electrons. The molecule has 0 aliphatic heterocycles. The summed E-state index contributed by atoms with van der Waals surface area (Å²) in [5.41, 5.74) is 9.03. The van der Waals surface area contributed by atoms with Crippen LogP contribution in [0.1, 0.15) is 0 Å². The number of benzene rings is 1. The minimum atomic E-state index is -1.16. The number of nitro groups is 1. The van der Waals surface area contributed by atoms with Crippen LogP contribution in [0.3, 0.4) is 0 Å². The first-order valence-corrected chi connectivity index (χ1v) is 4.12. The van der Waals surface area contributed by atoms with Gasteiger partial charge in [-0.15, -0.1) is 0 Å². The minimum Gasteiger partial charge on any atom is -0.410 e. The van der Waals surface area contributed by atoms with Crippen LogP contribution in [0.5, 0.6) is 11.5 Å². The third-order valence-corrected chi connectivity index (χ3v) is 1.51. The molecule has 0 aliphatic rings. The third kappa shape index (κ3) is 3.66. The van der Waals surface area contributed by atoms with Gasteiger partial charge in [-0.1, -0.05) is 0 Å². The lowest BCUT2D eigenvalue weighted by atomic mass is 10.3. The van der Waals surface area contributed by atoms with Crippen LogP contribution < -0.4 is 20.9 Å². The molecule has 1 aromatic carbocycles. The zero-order valence-electron chi connectivity index (χ0n) is 8.28. The number of hydrogen-bond donors (Lipinski definition) is 2. The van der Waals surface area contributed by atoms with Crippen molar-refractivity contribution >= 4 is 17.9 Å². The molecule has 0 heterocycles. The Kier molecular flexibility index (Phi) is 3.44. The Hall–Kier alpha value is -2.84. The Morgan fingerprint density at radius 1 is 1.06 bits per heavy atom. The first kappa shape index (κ1) is 12.2. The quantitative estimate of drug-likeness (QED) is 0.581. The summed E-state index contributed by atoms with van der Waals surface area (Å²) in [4.78, 5) is 30.7. The molecular formula is C8H7N3O6. The second kappa shape index (κ2) is 4.79. The number of carbonyl (C=O) groups excluding carboxylic acids is 2. The van der Waals surface area contributed by atoms with Crippen LogP contribution in [0.4, 0.5) is 15.3 Å². The summed E-state index contributed by atoms with van der Waals surface area (Å²) >= 11 is 0. The van der Waals surface area contributed by atoms with Crippen LogP contribution >= 0.6 is 0 Å². The average Bonchev–Trinajstić information content (AvgIpc) is 2.14. The molecule has 0 bridgehead atoms. The van der Waals surface area contributed by atoms with E-state index in [9.17, 15) is 19.7 Å². The first-order chi connectivity index (χ1) is 7.88. The fourth-order valence-electron chi connectivity index (χ4n) is 1.01. The summed E-state index contributed by atoms with van der Waals surface area (Å²) in [6.45, 7) is 0. The molecule has 0 saturated carbocycles. The summed E-state index contributed by atoms with van der Waals surface area (Å²) in [5, 5.41) is 10.5. The molecule has 90 valence electrons. The van der Waals surface area contributed by atoms with Gasteiger partial charge in [-0.25, -0.2) is 9.59 Å². The molecule has 9 heteroatoms. The first-order valence-electron chi connectivity index (χ1n) is 4.12. The lowest BCUT2D eigenvalue weighted by Crippen LogP contribution is -2.18. The predicted molar refractivity (Wildman–Crippen MR) is 53.5 cm³/mol. The molecular weight excluding hydrogens is 234 g/mol. The van der Waals surface area contributed by atoms with Crippen LogP contribution in [-0.2, 0) is 0 Å². The molecule has 9 nitrogen and oxygen atoms in total. The minimum absolute atomic E-state index is 0.233.